The van der Waals surface area contributed by atoms with Gasteiger partial charge in [0.1, 0.15) is 18.1 Å². The standard InChI is InChI=1S/C16H17FN2O3S/c1-3-22-16(21)9-19-15(8-14(20)11(2)18-19)23-10-12-4-6-13(17)7-5-12/h4-8H,3,9-10H2,1-2H3. The summed E-state index contributed by atoms with van der Waals surface area (Å²) in [6.45, 7) is 3.56. The first-order valence-corrected chi connectivity index (χ1v) is 8.09. The molecule has 2 rings (SSSR count). The maximum Gasteiger partial charge on any atom is 0.327 e. The van der Waals surface area contributed by atoms with Crippen LogP contribution >= 0.6 is 11.8 Å². The molecule has 0 unspecified atom stereocenters. The Hall–Kier alpha value is -2.15. The number of esters is 1. The molecule has 0 N–H and O–H groups in total. The number of aryl methyl sites for hydroxylation is 1. The number of aromatic nitrogens is 2. The third kappa shape index (κ3) is 4.92. The van der Waals surface area contributed by atoms with Crippen molar-refractivity contribution in [1.29, 1.82) is 0 Å². The van der Waals surface area contributed by atoms with E-state index in [2.05, 4.69) is 5.10 Å². The third-order valence-corrected chi connectivity index (χ3v) is 4.12. The van der Waals surface area contributed by atoms with E-state index >= 15 is 0 Å². The Kier molecular flexibility index (Phi) is 5.92. The van der Waals surface area contributed by atoms with Gasteiger partial charge in [0, 0.05) is 11.8 Å². The predicted molar refractivity (Wildman–Crippen MR) is 85.8 cm³/mol. The van der Waals surface area contributed by atoms with Crippen LogP contribution in [0.3, 0.4) is 0 Å². The quantitative estimate of drug-likeness (QED) is 0.599. The zero-order chi connectivity index (χ0) is 16.8. The van der Waals surface area contributed by atoms with Crippen molar-refractivity contribution in [3.63, 3.8) is 0 Å². The van der Waals surface area contributed by atoms with Crippen LogP contribution in [0.25, 0.3) is 0 Å². The van der Waals surface area contributed by atoms with Crippen molar-refractivity contribution in [2.45, 2.75) is 31.2 Å². The molecular formula is C16H17FN2O3S. The van der Waals surface area contributed by atoms with Crippen molar-refractivity contribution in [1.82, 2.24) is 9.78 Å². The van der Waals surface area contributed by atoms with Crippen LogP contribution in [0.15, 0.2) is 40.2 Å². The Balaban J connectivity index is 2.18. The van der Waals surface area contributed by atoms with Crippen molar-refractivity contribution in [2.75, 3.05) is 6.61 Å². The summed E-state index contributed by atoms with van der Waals surface area (Å²) in [6.07, 6.45) is 0. The van der Waals surface area contributed by atoms with Gasteiger partial charge in [0.25, 0.3) is 0 Å². The summed E-state index contributed by atoms with van der Waals surface area (Å²) in [4.78, 5) is 23.5. The molecule has 0 aliphatic carbocycles. The van der Waals surface area contributed by atoms with E-state index in [1.165, 1.54) is 34.6 Å². The van der Waals surface area contributed by atoms with Gasteiger partial charge in [0.15, 0.2) is 0 Å². The van der Waals surface area contributed by atoms with Gasteiger partial charge in [0.2, 0.25) is 5.43 Å². The average molecular weight is 336 g/mol. The van der Waals surface area contributed by atoms with Gasteiger partial charge in [-0.1, -0.05) is 12.1 Å². The molecule has 0 amide bonds. The van der Waals surface area contributed by atoms with E-state index in [0.29, 0.717) is 16.5 Å². The topological polar surface area (TPSA) is 61.2 Å². The SMILES string of the molecule is CCOC(=O)Cn1nc(C)c(=O)cc1SCc1ccc(F)cc1. The van der Waals surface area contributed by atoms with E-state index < -0.39 is 5.97 Å². The Morgan fingerprint density at radius 1 is 1.35 bits per heavy atom. The molecule has 1 aromatic carbocycles. The fourth-order valence-corrected chi connectivity index (χ4v) is 2.82. The summed E-state index contributed by atoms with van der Waals surface area (Å²) in [5, 5.41) is 4.71. The third-order valence-electron chi connectivity index (χ3n) is 3.02. The lowest BCUT2D eigenvalue weighted by atomic mass is 10.2. The van der Waals surface area contributed by atoms with E-state index in [9.17, 15) is 14.0 Å². The lowest BCUT2D eigenvalue weighted by Gasteiger charge is -2.12. The fraction of sp³-hybridized carbons (Fsp3) is 0.312. The molecule has 2 aromatic rings. The Bertz CT molecular complexity index is 744. The second-order valence-corrected chi connectivity index (χ2v) is 5.81. The molecule has 1 aromatic heterocycles. The van der Waals surface area contributed by atoms with Crippen LogP contribution in [0.4, 0.5) is 4.39 Å². The molecule has 1 heterocycles. The Labute approximate surface area is 137 Å². The summed E-state index contributed by atoms with van der Waals surface area (Å²) < 4.78 is 19.3. The van der Waals surface area contributed by atoms with Crippen LogP contribution in [0.2, 0.25) is 0 Å². The van der Waals surface area contributed by atoms with E-state index in [4.69, 9.17) is 4.74 Å². The highest BCUT2D eigenvalue weighted by atomic mass is 32.2. The molecule has 0 fully saturated rings. The summed E-state index contributed by atoms with van der Waals surface area (Å²) >= 11 is 1.36. The van der Waals surface area contributed by atoms with E-state index in [0.717, 1.165) is 5.56 Å². The van der Waals surface area contributed by atoms with Gasteiger partial charge in [-0.05, 0) is 31.5 Å². The lowest BCUT2D eigenvalue weighted by molar-refractivity contribution is -0.144. The minimum Gasteiger partial charge on any atom is -0.465 e. The highest BCUT2D eigenvalue weighted by Crippen LogP contribution is 2.21. The Morgan fingerprint density at radius 2 is 2.04 bits per heavy atom. The van der Waals surface area contributed by atoms with E-state index in [-0.39, 0.29) is 24.4 Å². The van der Waals surface area contributed by atoms with Gasteiger partial charge in [-0.15, -0.1) is 11.8 Å². The lowest BCUT2D eigenvalue weighted by Crippen LogP contribution is -2.22. The molecule has 0 saturated carbocycles. The number of nitrogens with zero attached hydrogens (tertiary/aromatic N) is 2. The first kappa shape index (κ1) is 17.2. The van der Waals surface area contributed by atoms with Crippen LogP contribution < -0.4 is 5.43 Å². The highest BCUT2D eigenvalue weighted by Gasteiger charge is 2.11. The average Bonchev–Trinajstić information content (AvgIpc) is 2.51. The molecule has 122 valence electrons. The van der Waals surface area contributed by atoms with Crippen molar-refractivity contribution >= 4 is 17.7 Å². The smallest absolute Gasteiger partial charge is 0.327 e. The molecule has 5 nitrogen and oxygen atoms in total. The monoisotopic (exact) mass is 336 g/mol. The Morgan fingerprint density at radius 3 is 2.70 bits per heavy atom. The number of carbonyl (C=O) groups excluding carboxylic acids is 1. The van der Waals surface area contributed by atoms with Crippen molar-refractivity contribution in [3.8, 4) is 0 Å². The van der Waals surface area contributed by atoms with Crippen LogP contribution in [0.5, 0.6) is 0 Å². The predicted octanol–water partition coefficient (Wildman–Crippen LogP) is 2.55. The molecule has 7 heteroatoms. The second kappa shape index (κ2) is 7.92. The van der Waals surface area contributed by atoms with Gasteiger partial charge < -0.3 is 4.74 Å². The van der Waals surface area contributed by atoms with E-state index in [1.54, 1.807) is 26.0 Å². The first-order valence-electron chi connectivity index (χ1n) is 7.11. The van der Waals surface area contributed by atoms with E-state index in [1.807, 2.05) is 0 Å². The molecule has 23 heavy (non-hydrogen) atoms. The first-order chi connectivity index (χ1) is 11.0. The molecule has 0 spiro atoms. The largest absolute Gasteiger partial charge is 0.465 e. The summed E-state index contributed by atoms with van der Waals surface area (Å²) in [5.74, 6) is -0.172. The molecule has 0 saturated heterocycles. The number of rotatable bonds is 6. The minimum atomic E-state index is -0.410. The van der Waals surface area contributed by atoms with Crippen LogP contribution in [-0.2, 0) is 21.8 Å². The number of benzene rings is 1. The van der Waals surface area contributed by atoms with Crippen LogP contribution in [0, 0.1) is 12.7 Å². The van der Waals surface area contributed by atoms with Gasteiger partial charge in [-0.3, -0.25) is 9.59 Å². The summed E-state index contributed by atoms with van der Waals surface area (Å²) in [6, 6.07) is 7.58. The highest BCUT2D eigenvalue weighted by molar-refractivity contribution is 7.98. The number of halogens is 1. The molecule has 0 bridgehead atoms. The zero-order valence-corrected chi connectivity index (χ0v) is 13.7. The number of ether oxygens (including phenoxy) is 1. The maximum absolute atomic E-state index is 12.9. The normalized spacial score (nSPS) is 10.6. The summed E-state index contributed by atoms with van der Waals surface area (Å²) in [5.41, 5.74) is 1.04. The number of thioether (sulfide) groups is 1. The molecule has 0 atom stereocenters. The van der Waals surface area contributed by atoms with Crippen molar-refractivity contribution < 1.29 is 13.9 Å². The number of hydrogen-bond acceptors (Lipinski definition) is 5. The maximum atomic E-state index is 12.9. The van der Waals surface area contributed by atoms with Gasteiger partial charge in [-0.2, -0.15) is 5.10 Å². The fourth-order valence-electron chi connectivity index (χ4n) is 1.87. The van der Waals surface area contributed by atoms with Gasteiger partial charge in [-0.25, -0.2) is 9.07 Å². The van der Waals surface area contributed by atoms with Gasteiger partial charge >= 0.3 is 5.97 Å². The van der Waals surface area contributed by atoms with Crippen LogP contribution in [0.1, 0.15) is 18.2 Å². The minimum absolute atomic E-state index is 0.0549. The molecule has 0 radical (unpaired) electrons. The van der Waals surface area contributed by atoms with Gasteiger partial charge in [0.05, 0.1) is 11.6 Å². The van der Waals surface area contributed by atoms with Crippen molar-refractivity contribution in [3.05, 3.63) is 57.6 Å². The summed E-state index contributed by atoms with van der Waals surface area (Å²) in [7, 11) is 0. The second-order valence-electron chi connectivity index (χ2n) is 4.81. The van der Waals surface area contributed by atoms with Crippen LogP contribution in [-0.4, -0.2) is 22.4 Å². The number of hydrogen-bond donors (Lipinski definition) is 0. The molecular weight excluding hydrogens is 319 g/mol. The molecule has 0 aliphatic rings. The van der Waals surface area contributed by atoms with Crippen molar-refractivity contribution in [2.24, 2.45) is 0 Å². The molecule has 0 aliphatic heterocycles. The number of carbonyl (C=O) groups is 1. The zero-order valence-electron chi connectivity index (χ0n) is 12.9.